The van der Waals surface area contributed by atoms with Crippen molar-refractivity contribution in [3.63, 3.8) is 0 Å². The molecule has 0 bridgehead atoms. The molecule has 0 spiro atoms. The number of amides is 2. The molecule has 0 aliphatic heterocycles. The number of carbonyl (C=O) groups is 1. The Morgan fingerprint density at radius 2 is 2.12 bits per heavy atom. The summed E-state index contributed by atoms with van der Waals surface area (Å²) in [5.41, 5.74) is 0.556. The zero-order valence-electron chi connectivity index (χ0n) is 14.0. The van der Waals surface area contributed by atoms with Gasteiger partial charge in [0.2, 0.25) is 0 Å². The van der Waals surface area contributed by atoms with E-state index < -0.39 is 5.60 Å². The highest BCUT2D eigenvalue weighted by atomic mass is 32.1. The number of hydrogen-bond donors (Lipinski definition) is 3. The van der Waals surface area contributed by atoms with E-state index in [0.717, 1.165) is 11.3 Å². The molecule has 1 saturated carbocycles. The van der Waals surface area contributed by atoms with E-state index in [1.807, 2.05) is 42.6 Å². The molecule has 2 aromatic rings. The molecule has 128 valence electrons. The summed E-state index contributed by atoms with van der Waals surface area (Å²) < 4.78 is 0. The molecule has 1 aliphatic carbocycles. The number of benzene rings is 1. The number of nitrogens with zero attached hydrogens (tertiary/aromatic N) is 1. The number of aliphatic hydroxyl groups is 1. The lowest BCUT2D eigenvalue weighted by Crippen LogP contribution is -2.44. The molecule has 2 unspecified atom stereocenters. The lowest BCUT2D eigenvalue weighted by Gasteiger charge is -2.24. The van der Waals surface area contributed by atoms with Gasteiger partial charge in [0.1, 0.15) is 5.60 Å². The van der Waals surface area contributed by atoms with Gasteiger partial charge in [-0.05, 0) is 32.3 Å². The summed E-state index contributed by atoms with van der Waals surface area (Å²) in [6.45, 7) is 3.75. The molecule has 0 radical (unpaired) electrons. The van der Waals surface area contributed by atoms with Crippen LogP contribution in [0.4, 0.5) is 4.79 Å². The topological polar surface area (TPSA) is 74.2 Å². The molecule has 5 nitrogen and oxygen atoms in total. The lowest BCUT2D eigenvalue weighted by molar-refractivity contribution is 0.0593. The van der Waals surface area contributed by atoms with E-state index in [-0.39, 0.29) is 18.6 Å². The maximum atomic E-state index is 12.1. The van der Waals surface area contributed by atoms with Gasteiger partial charge in [0.15, 0.2) is 0 Å². The van der Waals surface area contributed by atoms with Crippen molar-refractivity contribution in [2.24, 2.45) is 0 Å². The second kappa shape index (κ2) is 6.91. The van der Waals surface area contributed by atoms with Crippen LogP contribution >= 0.6 is 11.3 Å². The third-order valence-corrected chi connectivity index (χ3v) is 5.27. The van der Waals surface area contributed by atoms with Crippen molar-refractivity contribution in [2.45, 2.75) is 44.2 Å². The Morgan fingerprint density at radius 3 is 2.79 bits per heavy atom. The molecule has 1 aromatic heterocycles. The fourth-order valence-electron chi connectivity index (χ4n) is 2.49. The van der Waals surface area contributed by atoms with Crippen molar-refractivity contribution in [3.05, 3.63) is 52.0 Å². The summed E-state index contributed by atoms with van der Waals surface area (Å²) in [5.74, 6) is 0.630. The van der Waals surface area contributed by atoms with Crippen molar-refractivity contribution >= 4 is 17.4 Å². The number of carbonyl (C=O) groups excluding carboxylic acids is 1. The molecule has 1 aromatic carbocycles. The number of rotatable bonds is 6. The molecule has 1 heterocycles. The number of nitrogens with one attached hydrogen (secondary N) is 2. The van der Waals surface area contributed by atoms with Gasteiger partial charge in [-0.2, -0.15) is 0 Å². The van der Waals surface area contributed by atoms with Gasteiger partial charge >= 0.3 is 6.03 Å². The highest BCUT2D eigenvalue weighted by molar-refractivity contribution is 7.09. The quantitative estimate of drug-likeness (QED) is 0.752. The molecule has 1 fully saturated rings. The first-order valence-electron chi connectivity index (χ1n) is 8.23. The Balaban J connectivity index is 1.51. The van der Waals surface area contributed by atoms with Crippen molar-refractivity contribution in [1.29, 1.82) is 0 Å². The number of hydrogen-bond acceptors (Lipinski definition) is 4. The van der Waals surface area contributed by atoms with Crippen molar-refractivity contribution < 1.29 is 9.90 Å². The van der Waals surface area contributed by atoms with Crippen LogP contribution in [0.15, 0.2) is 35.7 Å². The van der Waals surface area contributed by atoms with Crippen LogP contribution in [0.1, 0.15) is 54.9 Å². The van der Waals surface area contributed by atoms with Gasteiger partial charge < -0.3 is 15.7 Å². The summed E-state index contributed by atoms with van der Waals surface area (Å²) in [7, 11) is 0. The van der Waals surface area contributed by atoms with E-state index in [4.69, 9.17) is 0 Å². The average molecular weight is 345 g/mol. The molecule has 2 atom stereocenters. The minimum atomic E-state index is -1.11. The lowest BCUT2D eigenvalue weighted by atomic mass is 9.96. The second-order valence-corrected chi connectivity index (χ2v) is 7.46. The number of aromatic nitrogens is 1. The van der Waals surface area contributed by atoms with Crippen LogP contribution in [0.25, 0.3) is 0 Å². The second-order valence-electron chi connectivity index (χ2n) is 6.57. The van der Waals surface area contributed by atoms with Crippen molar-refractivity contribution in [3.8, 4) is 0 Å². The molecule has 3 rings (SSSR count). The summed E-state index contributed by atoms with van der Waals surface area (Å²) >= 11 is 1.67. The Labute approximate surface area is 146 Å². The van der Waals surface area contributed by atoms with Crippen molar-refractivity contribution in [1.82, 2.24) is 15.6 Å². The summed E-state index contributed by atoms with van der Waals surface area (Å²) in [4.78, 5) is 16.7. The molecule has 0 saturated heterocycles. The predicted molar refractivity (Wildman–Crippen MR) is 95.1 cm³/mol. The summed E-state index contributed by atoms with van der Waals surface area (Å²) in [5, 5.41) is 19.3. The minimum Gasteiger partial charge on any atom is -0.384 e. The Bertz CT molecular complexity index is 695. The highest BCUT2D eigenvalue weighted by Crippen LogP contribution is 2.41. The van der Waals surface area contributed by atoms with Gasteiger partial charge in [-0.25, -0.2) is 9.78 Å². The summed E-state index contributed by atoms with van der Waals surface area (Å²) in [6.07, 6.45) is 2.45. The van der Waals surface area contributed by atoms with Crippen LogP contribution in [-0.2, 0) is 5.60 Å². The van der Waals surface area contributed by atoms with Crippen LogP contribution in [0.2, 0.25) is 0 Å². The zero-order chi connectivity index (χ0) is 17.2. The smallest absolute Gasteiger partial charge is 0.315 e. The van der Waals surface area contributed by atoms with Crippen LogP contribution in [0.5, 0.6) is 0 Å². The normalized spacial score (nSPS) is 17.8. The van der Waals surface area contributed by atoms with Gasteiger partial charge in [0.25, 0.3) is 0 Å². The standard InChI is InChI=1S/C18H23N3O2S/c1-12(15-10-24-16(21-15)13-8-9-13)20-17(22)19-11-18(2,23)14-6-4-3-5-7-14/h3-7,10,12-13,23H,8-9,11H2,1-2H3,(H2,19,20,22). The van der Waals surface area contributed by atoms with Crippen LogP contribution in [-0.4, -0.2) is 22.7 Å². The first kappa shape index (κ1) is 16.9. The Morgan fingerprint density at radius 1 is 1.42 bits per heavy atom. The molecular formula is C18H23N3O2S. The SMILES string of the molecule is CC(NC(=O)NCC(C)(O)c1ccccc1)c1csc(C2CC2)n1. The van der Waals surface area contributed by atoms with Gasteiger partial charge in [-0.1, -0.05) is 30.3 Å². The predicted octanol–water partition coefficient (Wildman–Crippen LogP) is 3.29. The highest BCUT2D eigenvalue weighted by Gasteiger charge is 2.28. The van der Waals surface area contributed by atoms with Crippen molar-refractivity contribution in [2.75, 3.05) is 6.54 Å². The fraction of sp³-hybridized carbons (Fsp3) is 0.444. The van der Waals surface area contributed by atoms with E-state index in [0.29, 0.717) is 5.92 Å². The van der Waals surface area contributed by atoms with E-state index in [1.54, 1.807) is 18.3 Å². The largest absolute Gasteiger partial charge is 0.384 e. The average Bonchev–Trinajstić information content (AvgIpc) is 3.31. The van der Waals surface area contributed by atoms with Crippen LogP contribution < -0.4 is 10.6 Å². The number of urea groups is 1. The third kappa shape index (κ3) is 4.13. The molecular weight excluding hydrogens is 322 g/mol. The molecule has 24 heavy (non-hydrogen) atoms. The minimum absolute atomic E-state index is 0.139. The first-order valence-corrected chi connectivity index (χ1v) is 9.11. The summed E-state index contributed by atoms with van der Waals surface area (Å²) in [6, 6.07) is 8.85. The van der Waals surface area contributed by atoms with E-state index in [1.165, 1.54) is 17.8 Å². The molecule has 3 N–H and O–H groups in total. The number of thiazole rings is 1. The maximum absolute atomic E-state index is 12.1. The van der Waals surface area contributed by atoms with E-state index in [2.05, 4.69) is 15.6 Å². The zero-order valence-corrected chi connectivity index (χ0v) is 14.8. The van der Waals surface area contributed by atoms with Gasteiger partial charge in [-0.15, -0.1) is 11.3 Å². The van der Waals surface area contributed by atoms with Gasteiger partial charge in [-0.3, -0.25) is 0 Å². The Kier molecular flexibility index (Phi) is 4.87. The molecule has 1 aliphatic rings. The monoisotopic (exact) mass is 345 g/mol. The van der Waals surface area contributed by atoms with Crippen LogP contribution in [0.3, 0.4) is 0 Å². The first-order chi connectivity index (χ1) is 11.5. The molecule has 6 heteroatoms. The van der Waals surface area contributed by atoms with E-state index >= 15 is 0 Å². The third-order valence-electron chi connectivity index (χ3n) is 4.25. The molecule has 2 amide bonds. The maximum Gasteiger partial charge on any atom is 0.315 e. The Hall–Kier alpha value is -1.92. The van der Waals surface area contributed by atoms with Gasteiger partial charge in [0, 0.05) is 11.3 Å². The van der Waals surface area contributed by atoms with Gasteiger partial charge in [0.05, 0.1) is 23.3 Å². The fourth-order valence-corrected chi connectivity index (χ4v) is 3.58. The van der Waals surface area contributed by atoms with Crippen LogP contribution in [0, 0.1) is 0 Å². The van der Waals surface area contributed by atoms with E-state index in [9.17, 15) is 9.90 Å².